The normalized spacial score (nSPS) is 16.1. The van der Waals surface area contributed by atoms with E-state index >= 15 is 0 Å². The largest absolute Gasteiger partial charge is 0.496 e. The lowest BCUT2D eigenvalue weighted by Crippen LogP contribution is -2.12. The lowest BCUT2D eigenvalue weighted by atomic mass is 10.1. The molecule has 1 aliphatic carbocycles. The maximum absolute atomic E-state index is 9.88. The van der Waals surface area contributed by atoms with Gasteiger partial charge < -0.3 is 14.4 Å². The molecule has 20 heavy (non-hydrogen) atoms. The number of para-hydroxylation sites is 1. The molecule has 2 aromatic rings. The van der Waals surface area contributed by atoms with Gasteiger partial charge in [-0.1, -0.05) is 23.4 Å². The number of hydrogen-bond acceptors (Lipinski definition) is 5. The maximum atomic E-state index is 9.88. The fraction of sp³-hybridized carbons (Fsp3) is 0.467. The Balaban J connectivity index is 1.67. The Bertz CT molecular complexity index is 578. The molecule has 1 N–H and O–H groups in total. The summed E-state index contributed by atoms with van der Waals surface area (Å²) in [7, 11) is 1.65. The molecule has 3 rings (SSSR count). The van der Waals surface area contributed by atoms with E-state index in [9.17, 15) is 5.11 Å². The first kappa shape index (κ1) is 13.1. The Morgan fingerprint density at radius 3 is 2.95 bits per heavy atom. The van der Waals surface area contributed by atoms with Crippen LogP contribution in [-0.4, -0.2) is 28.5 Å². The third kappa shape index (κ3) is 2.99. The number of benzene rings is 1. The highest BCUT2D eigenvalue weighted by Crippen LogP contribution is 2.33. The van der Waals surface area contributed by atoms with E-state index in [0.717, 1.165) is 24.2 Å². The average molecular weight is 274 g/mol. The minimum Gasteiger partial charge on any atom is -0.496 e. The van der Waals surface area contributed by atoms with Crippen molar-refractivity contribution in [2.24, 2.45) is 5.92 Å². The van der Waals surface area contributed by atoms with E-state index in [4.69, 9.17) is 9.26 Å². The first-order valence-electron chi connectivity index (χ1n) is 6.87. The number of aromatic nitrogens is 2. The maximum Gasteiger partial charge on any atom is 0.229 e. The molecule has 5 heteroatoms. The number of methoxy groups -OCH3 is 1. The number of rotatable bonds is 6. The van der Waals surface area contributed by atoms with Gasteiger partial charge in [-0.2, -0.15) is 4.98 Å². The third-order valence-electron chi connectivity index (χ3n) is 3.60. The summed E-state index contributed by atoms with van der Waals surface area (Å²) in [5, 5.41) is 13.8. The summed E-state index contributed by atoms with van der Waals surface area (Å²) in [6.45, 7) is 0. The zero-order valence-electron chi connectivity index (χ0n) is 11.5. The van der Waals surface area contributed by atoms with Gasteiger partial charge in [-0.15, -0.1) is 0 Å². The van der Waals surface area contributed by atoms with E-state index in [1.165, 1.54) is 0 Å². The summed E-state index contributed by atoms with van der Waals surface area (Å²) in [5.74, 6) is 2.36. The zero-order chi connectivity index (χ0) is 13.9. The van der Waals surface area contributed by atoms with Crippen molar-refractivity contribution in [3.05, 3.63) is 41.5 Å². The lowest BCUT2D eigenvalue weighted by Gasteiger charge is -2.05. The van der Waals surface area contributed by atoms with Crippen LogP contribution < -0.4 is 4.74 Å². The summed E-state index contributed by atoms with van der Waals surface area (Å²) in [6, 6.07) is 7.77. The molecule has 0 amide bonds. The van der Waals surface area contributed by atoms with Crippen molar-refractivity contribution >= 4 is 0 Å². The molecule has 1 aromatic heterocycles. The van der Waals surface area contributed by atoms with E-state index in [2.05, 4.69) is 10.1 Å². The van der Waals surface area contributed by atoms with Crippen molar-refractivity contribution in [1.82, 2.24) is 10.1 Å². The molecular weight excluding hydrogens is 256 g/mol. The van der Waals surface area contributed by atoms with Gasteiger partial charge in [0.25, 0.3) is 0 Å². The monoisotopic (exact) mass is 274 g/mol. The van der Waals surface area contributed by atoms with Crippen LogP contribution in [0.1, 0.15) is 30.1 Å². The summed E-state index contributed by atoms with van der Waals surface area (Å²) >= 11 is 0. The van der Waals surface area contributed by atoms with Crippen molar-refractivity contribution in [1.29, 1.82) is 0 Å². The molecule has 0 radical (unpaired) electrons. The van der Waals surface area contributed by atoms with Crippen molar-refractivity contribution in [2.45, 2.75) is 31.8 Å². The number of aliphatic hydroxyl groups is 1. The molecule has 106 valence electrons. The molecule has 1 heterocycles. The highest BCUT2D eigenvalue weighted by atomic mass is 16.5. The standard InChI is InChI=1S/C15H18N2O3/c1-19-13-5-3-2-4-11(13)8-14-16-15(20-17-14)9-12(18)10-6-7-10/h2-5,10,12,18H,6-9H2,1H3. The van der Waals surface area contributed by atoms with Gasteiger partial charge in [0.1, 0.15) is 5.75 Å². The highest BCUT2D eigenvalue weighted by molar-refractivity contribution is 5.35. The van der Waals surface area contributed by atoms with E-state index in [0.29, 0.717) is 30.5 Å². The summed E-state index contributed by atoms with van der Waals surface area (Å²) < 4.78 is 10.5. The predicted octanol–water partition coefficient (Wildman–Crippen LogP) is 1.98. The molecule has 1 unspecified atom stereocenters. The van der Waals surface area contributed by atoms with Crippen LogP contribution in [0, 0.1) is 5.92 Å². The predicted molar refractivity (Wildman–Crippen MR) is 72.5 cm³/mol. The van der Waals surface area contributed by atoms with Gasteiger partial charge in [0, 0.05) is 12.0 Å². The molecule has 0 bridgehead atoms. The van der Waals surface area contributed by atoms with Crippen LogP contribution in [0.15, 0.2) is 28.8 Å². The quantitative estimate of drug-likeness (QED) is 0.872. The van der Waals surface area contributed by atoms with Crippen molar-refractivity contribution in [2.75, 3.05) is 7.11 Å². The molecule has 1 saturated carbocycles. The van der Waals surface area contributed by atoms with Crippen molar-refractivity contribution in [3.8, 4) is 5.75 Å². The van der Waals surface area contributed by atoms with E-state index < -0.39 is 0 Å². The Kier molecular flexibility index (Phi) is 3.69. The van der Waals surface area contributed by atoms with Gasteiger partial charge in [0.15, 0.2) is 5.82 Å². The van der Waals surface area contributed by atoms with Crippen LogP contribution in [0.5, 0.6) is 5.75 Å². The Labute approximate surface area is 117 Å². The van der Waals surface area contributed by atoms with Gasteiger partial charge in [0.2, 0.25) is 5.89 Å². The Morgan fingerprint density at radius 1 is 1.40 bits per heavy atom. The van der Waals surface area contributed by atoms with Gasteiger partial charge in [-0.3, -0.25) is 0 Å². The molecule has 5 nitrogen and oxygen atoms in total. The van der Waals surface area contributed by atoms with E-state index in [1.54, 1.807) is 7.11 Å². The first-order valence-corrected chi connectivity index (χ1v) is 6.87. The van der Waals surface area contributed by atoms with Crippen LogP contribution in [0.25, 0.3) is 0 Å². The number of aliphatic hydroxyl groups excluding tert-OH is 1. The van der Waals surface area contributed by atoms with E-state index in [-0.39, 0.29) is 6.10 Å². The van der Waals surface area contributed by atoms with Crippen molar-refractivity contribution in [3.63, 3.8) is 0 Å². The molecule has 0 saturated heterocycles. The molecular formula is C15H18N2O3. The molecule has 1 fully saturated rings. The molecule has 1 atom stereocenters. The van der Waals surface area contributed by atoms with Crippen LogP contribution in [0.3, 0.4) is 0 Å². The molecule has 1 aromatic carbocycles. The molecule has 0 spiro atoms. The van der Waals surface area contributed by atoms with Crippen molar-refractivity contribution < 1.29 is 14.4 Å². The Morgan fingerprint density at radius 2 is 2.20 bits per heavy atom. The number of ether oxygens (including phenoxy) is 1. The smallest absolute Gasteiger partial charge is 0.229 e. The zero-order valence-corrected chi connectivity index (χ0v) is 11.5. The third-order valence-corrected chi connectivity index (χ3v) is 3.60. The summed E-state index contributed by atoms with van der Waals surface area (Å²) in [6.07, 6.45) is 2.86. The van der Waals surface area contributed by atoms with Crippen LogP contribution in [0.2, 0.25) is 0 Å². The molecule has 1 aliphatic rings. The van der Waals surface area contributed by atoms with Crippen LogP contribution >= 0.6 is 0 Å². The SMILES string of the molecule is COc1ccccc1Cc1noc(CC(O)C2CC2)n1. The summed E-state index contributed by atoms with van der Waals surface area (Å²) in [4.78, 5) is 4.34. The first-order chi connectivity index (χ1) is 9.76. The van der Waals surface area contributed by atoms with Gasteiger partial charge >= 0.3 is 0 Å². The van der Waals surface area contributed by atoms with Gasteiger partial charge in [-0.05, 0) is 24.8 Å². The number of hydrogen-bond donors (Lipinski definition) is 1. The second kappa shape index (κ2) is 5.63. The second-order valence-electron chi connectivity index (χ2n) is 5.20. The van der Waals surface area contributed by atoms with Crippen LogP contribution in [0.4, 0.5) is 0 Å². The van der Waals surface area contributed by atoms with Crippen LogP contribution in [-0.2, 0) is 12.8 Å². The lowest BCUT2D eigenvalue weighted by molar-refractivity contribution is 0.140. The minimum atomic E-state index is -0.352. The fourth-order valence-corrected chi connectivity index (χ4v) is 2.29. The average Bonchev–Trinajstić information content (AvgIpc) is 3.23. The highest BCUT2D eigenvalue weighted by Gasteiger charge is 2.31. The van der Waals surface area contributed by atoms with Gasteiger partial charge in [-0.25, -0.2) is 0 Å². The number of nitrogens with zero attached hydrogens (tertiary/aromatic N) is 2. The fourth-order valence-electron chi connectivity index (χ4n) is 2.29. The molecule has 0 aliphatic heterocycles. The van der Waals surface area contributed by atoms with E-state index in [1.807, 2.05) is 24.3 Å². The Hall–Kier alpha value is -1.88. The summed E-state index contributed by atoms with van der Waals surface area (Å²) in [5.41, 5.74) is 1.02. The minimum absolute atomic E-state index is 0.352. The topological polar surface area (TPSA) is 68.4 Å². The van der Waals surface area contributed by atoms with Gasteiger partial charge in [0.05, 0.1) is 19.6 Å². The second-order valence-corrected chi connectivity index (χ2v) is 5.20.